The summed E-state index contributed by atoms with van der Waals surface area (Å²) >= 11 is 0. The number of carbonyl (C=O) groups is 2. The van der Waals surface area contributed by atoms with Crippen molar-refractivity contribution in [2.75, 3.05) is 38.2 Å². The number of Topliss-reactive ketones (excluding diaryl/α,β-unsaturated/α-hetero) is 1. The average Bonchev–Trinajstić information content (AvgIpc) is 3.83. The summed E-state index contributed by atoms with van der Waals surface area (Å²) in [7, 11) is 1.51. The lowest BCUT2D eigenvalue weighted by molar-refractivity contribution is -0.125. The molecule has 1 amide bonds. The fourth-order valence-corrected chi connectivity index (χ4v) is 6.08. The minimum atomic E-state index is -0.586. The number of aromatic amines is 1. The Morgan fingerprint density at radius 3 is 2.66 bits per heavy atom. The molecule has 2 fully saturated rings. The van der Waals surface area contributed by atoms with Gasteiger partial charge in [-0.3, -0.25) is 14.2 Å². The molecule has 7 rings (SSSR count). The SMILES string of the molecule is COc1cnc(-n2cnc(C)n2)c2[nH]cc(C(=O)C(=O)N3CCC4(CCN(c5nncn5-c5ccccc5)C4)C3)c12. The number of methoxy groups -OCH3 is 1. The topological polar surface area (TPSA) is 140 Å². The van der Waals surface area contributed by atoms with Crippen molar-refractivity contribution in [3.63, 3.8) is 0 Å². The van der Waals surface area contributed by atoms with E-state index < -0.39 is 11.7 Å². The zero-order valence-corrected chi connectivity index (χ0v) is 22.7. The van der Waals surface area contributed by atoms with Crippen LogP contribution >= 0.6 is 0 Å². The highest BCUT2D eigenvalue weighted by atomic mass is 16.5. The van der Waals surface area contributed by atoms with Crippen LogP contribution in [-0.2, 0) is 4.79 Å². The van der Waals surface area contributed by atoms with Crippen LogP contribution in [0.4, 0.5) is 5.95 Å². The molecule has 5 aromatic rings. The summed E-state index contributed by atoms with van der Waals surface area (Å²) in [5, 5.41) is 13.4. The van der Waals surface area contributed by atoms with Crippen molar-refractivity contribution in [3.05, 3.63) is 66.8 Å². The van der Waals surface area contributed by atoms with E-state index in [1.807, 2.05) is 34.9 Å². The number of carbonyl (C=O) groups excluding carboxylic acids is 2. The third-order valence-electron chi connectivity index (χ3n) is 8.15. The third-order valence-corrected chi connectivity index (χ3v) is 8.15. The Balaban J connectivity index is 1.11. The first kappa shape index (κ1) is 24.9. The van der Waals surface area contributed by atoms with Crippen molar-refractivity contribution >= 4 is 28.5 Å². The summed E-state index contributed by atoms with van der Waals surface area (Å²) in [6.45, 7) is 4.36. The lowest BCUT2D eigenvalue weighted by Crippen LogP contribution is -2.38. The Kier molecular flexibility index (Phi) is 5.80. The van der Waals surface area contributed by atoms with E-state index in [4.69, 9.17) is 4.74 Å². The largest absolute Gasteiger partial charge is 0.494 e. The highest BCUT2D eigenvalue weighted by molar-refractivity contribution is 6.45. The highest BCUT2D eigenvalue weighted by Gasteiger charge is 2.47. The maximum atomic E-state index is 13.6. The van der Waals surface area contributed by atoms with Crippen LogP contribution in [0.25, 0.3) is 22.4 Å². The zero-order valence-electron chi connectivity index (χ0n) is 22.7. The number of ketones is 1. The second kappa shape index (κ2) is 9.54. The van der Waals surface area contributed by atoms with Gasteiger partial charge in [-0.2, -0.15) is 5.10 Å². The molecule has 0 radical (unpaired) electrons. The van der Waals surface area contributed by atoms with Crippen LogP contribution in [0.1, 0.15) is 29.0 Å². The summed E-state index contributed by atoms with van der Waals surface area (Å²) in [5.41, 5.74) is 1.67. The Morgan fingerprint density at radius 1 is 1.05 bits per heavy atom. The number of aromatic nitrogens is 8. The number of nitrogens with one attached hydrogen (secondary N) is 1. The quantitative estimate of drug-likeness (QED) is 0.248. The molecule has 1 aromatic carbocycles. The molecule has 41 heavy (non-hydrogen) atoms. The average molecular weight is 553 g/mol. The van der Waals surface area contributed by atoms with Crippen molar-refractivity contribution in [2.45, 2.75) is 19.8 Å². The molecule has 4 aromatic heterocycles. The number of hydrogen-bond donors (Lipinski definition) is 1. The minimum Gasteiger partial charge on any atom is -0.494 e. The Hall–Kier alpha value is -5.07. The molecule has 0 bridgehead atoms. The Labute approximate surface area is 234 Å². The van der Waals surface area contributed by atoms with E-state index in [0.29, 0.717) is 41.4 Å². The number of aryl methyl sites for hydroxylation is 1. The van der Waals surface area contributed by atoms with Gasteiger partial charge < -0.3 is 19.5 Å². The van der Waals surface area contributed by atoms with Crippen molar-refractivity contribution < 1.29 is 14.3 Å². The standard InChI is InChI=1S/C28H28N10O3/c1-18-31-16-38(34-18)25-23-22(21(41-2)13-30-25)20(12-29-23)24(39)26(40)35-10-8-28(14-35)9-11-36(15-28)27-33-32-17-37(27)19-6-4-3-5-7-19/h3-7,12-13,16-17,29H,8-11,14-15H2,1-2H3. The monoisotopic (exact) mass is 552 g/mol. The number of hydrogen-bond acceptors (Lipinski definition) is 9. The molecule has 2 aliphatic heterocycles. The van der Waals surface area contributed by atoms with Gasteiger partial charge in [0.1, 0.15) is 24.2 Å². The second-order valence-corrected chi connectivity index (χ2v) is 10.7. The number of ether oxygens (including phenoxy) is 1. The number of para-hydroxylation sites is 1. The van der Waals surface area contributed by atoms with Gasteiger partial charge in [0.2, 0.25) is 5.95 Å². The first-order valence-electron chi connectivity index (χ1n) is 13.4. The molecular formula is C28H28N10O3. The minimum absolute atomic E-state index is 0.108. The lowest BCUT2D eigenvalue weighted by atomic mass is 9.86. The predicted molar refractivity (Wildman–Crippen MR) is 148 cm³/mol. The fraction of sp³-hybridized carbons (Fsp3) is 0.321. The Morgan fingerprint density at radius 2 is 1.88 bits per heavy atom. The summed E-state index contributed by atoms with van der Waals surface area (Å²) in [5.74, 6) is 1.12. The van der Waals surface area contributed by atoms with Crippen molar-refractivity contribution in [3.8, 4) is 17.3 Å². The first-order valence-corrected chi connectivity index (χ1v) is 13.4. The number of amides is 1. The maximum absolute atomic E-state index is 13.6. The van der Waals surface area contributed by atoms with Gasteiger partial charge in [-0.05, 0) is 31.9 Å². The van der Waals surface area contributed by atoms with Crippen LogP contribution < -0.4 is 9.64 Å². The third kappa shape index (κ3) is 4.12. The van der Waals surface area contributed by atoms with E-state index in [1.165, 1.54) is 18.0 Å². The molecule has 1 atom stereocenters. The highest BCUT2D eigenvalue weighted by Crippen LogP contribution is 2.41. The molecule has 2 aliphatic rings. The molecule has 1 spiro atoms. The molecule has 13 heteroatoms. The van der Waals surface area contributed by atoms with Gasteiger partial charge in [-0.25, -0.2) is 14.6 Å². The van der Waals surface area contributed by atoms with Crippen LogP contribution in [0.15, 0.2) is 55.4 Å². The van der Waals surface area contributed by atoms with Crippen molar-refractivity contribution in [1.82, 2.24) is 44.4 Å². The smallest absolute Gasteiger partial charge is 0.295 e. The molecule has 1 unspecified atom stereocenters. The van der Waals surface area contributed by atoms with Crippen molar-refractivity contribution in [1.29, 1.82) is 0 Å². The molecule has 2 saturated heterocycles. The van der Waals surface area contributed by atoms with E-state index in [-0.39, 0.29) is 11.0 Å². The molecule has 0 saturated carbocycles. The van der Waals surface area contributed by atoms with Crippen LogP contribution in [-0.4, -0.2) is 89.4 Å². The van der Waals surface area contributed by atoms with E-state index in [1.54, 1.807) is 30.7 Å². The number of pyridine rings is 1. The maximum Gasteiger partial charge on any atom is 0.295 e. The molecule has 6 heterocycles. The van der Waals surface area contributed by atoms with E-state index in [0.717, 1.165) is 37.6 Å². The zero-order chi connectivity index (χ0) is 28.1. The second-order valence-electron chi connectivity index (χ2n) is 10.7. The van der Waals surface area contributed by atoms with Gasteiger partial charge in [0.25, 0.3) is 11.7 Å². The number of likely N-dealkylation sites (tertiary alicyclic amines) is 1. The van der Waals surface area contributed by atoms with E-state index in [2.05, 4.69) is 35.1 Å². The number of rotatable bonds is 6. The van der Waals surface area contributed by atoms with E-state index >= 15 is 0 Å². The van der Waals surface area contributed by atoms with Crippen molar-refractivity contribution in [2.24, 2.45) is 5.41 Å². The summed E-state index contributed by atoms with van der Waals surface area (Å²) < 4.78 is 9.03. The van der Waals surface area contributed by atoms with Gasteiger partial charge >= 0.3 is 0 Å². The van der Waals surface area contributed by atoms with Crippen LogP contribution in [0, 0.1) is 12.3 Å². The van der Waals surface area contributed by atoms with Gasteiger partial charge in [0.15, 0.2) is 5.82 Å². The lowest BCUT2D eigenvalue weighted by Gasteiger charge is -2.25. The van der Waals surface area contributed by atoms with Gasteiger partial charge in [-0.15, -0.1) is 10.2 Å². The van der Waals surface area contributed by atoms with Crippen LogP contribution in [0.5, 0.6) is 5.75 Å². The summed E-state index contributed by atoms with van der Waals surface area (Å²) in [6, 6.07) is 9.98. The summed E-state index contributed by atoms with van der Waals surface area (Å²) in [4.78, 5) is 42.8. The predicted octanol–water partition coefficient (Wildman–Crippen LogP) is 2.35. The number of fused-ring (bicyclic) bond motifs is 1. The molecule has 0 aliphatic carbocycles. The molecule has 208 valence electrons. The molecular weight excluding hydrogens is 524 g/mol. The van der Waals surface area contributed by atoms with Crippen LogP contribution in [0.2, 0.25) is 0 Å². The number of anilines is 1. The van der Waals surface area contributed by atoms with Gasteiger partial charge in [-0.1, -0.05) is 18.2 Å². The molecule has 1 N–H and O–H groups in total. The summed E-state index contributed by atoms with van der Waals surface area (Å²) in [6.07, 6.45) is 8.06. The number of H-pyrrole nitrogens is 1. The fourth-order valence-electron chi connectivity index (χ4n) is 6.08. The van der Waals surface area contributed by atoms with Gasteiger partial charge in [0, 0.05) is 37.8 Å². The van der Waals surface area contributed by atoms with Gasteiger partial charge in [0.05, 0.1) is 35.5 Å². The Bertz CT molecular complexity index is 1770. The van der Waals surface area contributed by atoms with E-state index in [9.17, 15) is 9.59 Å². The number of nitrogens with zero attached hydrogens (tertiary/aromatic N) is 9. The normalized spacial score (nSPS) is 18.6. The van der Waals surface area contributed by atoms with Crippen LogP contribution in [0.3, 0.4) is 0 Å². The molecule has 13 nitrogen and oxygen atoms in total. The number of benzene rings is 1. The first-order chi connectivity index (χ1) is 20.0.